The normalized spacial score (nSPS) is 25.4. The molecule has 1 aliphatic rings. The van der Waals surface area contributed by atoms with E-state index >= 15 is 0 Å². The fourth-order valence-electron chi connectivity index (χ4n) is 2.64. The minimum absolute atomic E-state index is 0.147. The van der Waals surface area contributed by atoms with Crippen LogP contribution in [-0.2, 0) is 9.47 Å². The number of carbonyl (C=O) groups is 1. The molecule has 1 saturated heterocycles. The number of nitrogens with one attached hydrogen (secondary N) is 1. The second-order valence-corrected chi connectivity index (χ2v) is 5.67. The van der Waals surface area contributed by atoms with Gasteiger partial charge in [0.05, 0.1) is 24.0 Å². The van der Waals surface area contributed by atoms with Gasteiger partial charge in [0.15, 0.2) is 0 Å². The molecule has 2 rings (SSSR count). The fraction of sp³-hybridized carbons (Fsp3) is 0.562. The first kappa shape index (κ1) is 15.8. The summed E-state index contributed by atoms with van der Waals surface area (Å²) in [5.41, 5.74) is 0.657. The number of carbonyl (C=O) groups excluding carboxylic acids is 1. The molecule has 2 unspecified atom stereocenters. The average Bonchev–Trinajstić information content (AvgIpc) is 2.47. The first-order chi connectivity index (χ1) is 9.97. The molecule has 0 radical (unpaired) electrons. The summed E-state index contributed by atoms with van der Waals surface area (Å²) in [7, 11) is 1.32. The number of hydrogen-bond acceptors (Lipinski definition) is 4. The molecule has 0 saturated carbocycles. The van der Waals surface area contributed by atoms with Crippen molar-refractivity contribution >= 4 is 11.7 Å². The molecule has 116 valence electrons. The van der Waals surface area contributed by atoms with Crippen molar-refractivity contribution in [2.24, 2.45) is 0 Å². The molecular weight excluding hydrogens is 273 g/mol. The summed E-state index contributed by atoms with van der Waals surface area (Å²) in [5, 5.41) is 3.27. The molecule has 0 aromatic heterocycles. The summed E-state index contributed by atoms with van der Waals surface area (Å²) >= 11 is 0. The van der Waals surface area contributed by atoms with Crippen molar-refractivity contribution in [1.82, 2.24) is 0 Å². The average molecular weight is 295 g/mol. The lowest BCUT2D eigenvalue weighted by Gasteiger charge is -2.38. The first-order valence-electron chi connectivity index (χ1n) is 7.26. The Morgan fingerprint density at radius 3 is 3.00 bits per heavy atom. The van der Waals surface area contributed by atoms with Crippen LogP contribution in [0.15, 0.2) is 18.2 Å². The van der Waals surface area contributed by atoms with E-state index in [2.05, 4.69) is 19.2 Å². The molecule has 0 spiro atoms. The number of rotatable bonds is 4. The van der Waals surface area contributed by atoms with Crippen LogP contribution in [0.5, 0.6) is 0 Å². The lowest BCUT2D eigenvalue weighted by Crippen LogP contribution is -2.42. The van der Waals surface area contributed by atoms with E-state index in [1.165, 1.54) is 25.3 Å². The van der Waals surface area contributed by atoms with Crippen molar-refractivity contribution in [2.45, 2.75) is 44.8 Å². The maximum atomic E-state index is 13.5. The van der Waals surface area contributed by atoms with Crippen LogP contribution in [0, 0.1) is 5.82 Å². The molecule has 1 N–H and O–H groups in total. The summed E-state index contributed by atoms with van der Waals surface area (Å²) in [4.78, 5) is 11.8. The molecule has 21 heavy (non-hydrogen) atoms. The van der Waals surface area contributed by atoms with E-state index in [9.17, 15) is 9.18 Å². The van der Waals surface area contributed by atoms with E-state index in [0.717, 1.165) is 19.3 Å². The Morgan fingerprint density at radius 1 is 1.57 bits per heavy atom. The lowest BCUT2D eigenvalue weighted by molar-refractivity contribution is -0.0708. The molecule has 1 aromatic rings. The lowest BCUT2D eigenvalue weighted by atomic mass is 9.89. The quantitative estimate of drug-likeness (QED) is 0.865. The van der Waals surface area contributed by atoms with Crippen molar-refractivity contribution in [3.63, 3.8) is 0 Å². The zero-order valence-electron chi connectivity index (χ0n) is 12.7. The van der Waals surface area contributed by atoms with Crippen LogP contribution < -0.4 is 5.32 Å². The monoisotopic (exact) mass is 295 g/mol. The maximum absolute atomic E-state index is 13.5. The third-order valence-corrected chi connectivity index (χ3v) is 4.09. The van der Waals surface area contributed by atoms with Crippen LogP contribution >= 0.6 is 0 Å². The van der Waals surface area contributed by atoms with Gasteiger partial charge >= 0.3 is 5.97 Å². The van der Waals surface area contributed by atoms with E-state index in [0.29, 0.717) is 17.9 Å². The minimum atomic E-state index is -0.470. The second-order valence-electron chi connectivity index (χ2n) is 5.67. The van der Waals surface area contributed by atoms with Gasteiger partial charge in [0, 0.05) is 12.6 Å². The van der Waals surface area contributed by atoms with Crippen molar-refractivity contribution in [1.29, 1.82) is 0 Å². The maximum Gasteiger partial charge on any atom is 0.339 e. The fourth-order valence-corrected chi connectivity index (χ4v) is 2.64. The highest BCUT2D eigenvalue weighted by atomic mass is 19.1. The summed E-state index contributed by atoms with van der Waals surface area (Å²) < 4.78 is 24.0. The van der Waals surface area contributed by atoms with Gasteiger partial charge in [-0.1, -0.05) is 6.92 Å². The van der Waals surface area contributed by atoms with Crippen LogP contribution in [0.4, 0.5) is 10.1 Å². The van der Waals surface area contributed by atoms with Gasteiger partial charge in [0.2, 0.25) is 0 Å². The molecule has 2 atom stereocenters. The van der Waals surface area contributed by atoms with Gasteiger partial charge in [0.25, 0.3) is 0 Å². The van der Waals surface area contributed by atoms with E-state index in [-0.39, 0.29) is 17.5 Å². The Balaban J connectivity index is 2.18. The molecule has 1 fully saturated rings. The van der Waals surface area contributed by atoms with Gasteiger partial charge in [-0.3, -0.25) is 0 Å². The Hall–Kier alpha value is -1.62. The number of benzene rings is 1. The summed E-state index contributed by atoms with van der Waals surface area (Å²) in [5.74, 6) is -0.849. The van der Waals surface area contributed by atoms with Crippen LogP contribution in [0.3, 0.4) is 0 Å². The highest BCUT2D eigenvalue weighted by molar-refractivity contribution is 5.95. The van der Waals surface area contributed by atoms with Crippen LogP contribution in [-0.4, -0.2) is 31.3 Å². The van der Waals surface area contributed by atoms with Crippen LogP contribution in [0.1, 0.15) is 43.5 Å². The third-order valence-electron chi connectivity index (χ3n) is 4.09. The second kappa shape index (κ2) is 6.43. The summed E-state index contributed by atoms with van der Waals surface area (Å²) in [6.07, 6.45) is 2.56. The molecule has 0 aliphatic carbocycles. The van der Waals surface area contributed by atoms with Gasteiger partial charge in [-0.25, -0.2) is 9.18 Å². The molecular formula is C16H22FNO3. The Morgan fingerprint density at radius 2 is 2.33 bits per heavy atom. The van der Waals surface area contributed by atoms with Crippen LogP contribution in [0.25, 0.3) is 0 Å². The number of esters is 1. The minimum Gasteiger partial charge on any atom is -0.465 e. The van der Waals surface area contributed by atoms with Crippen molar-refractivity contribution in [3.8, 4) is 0 Å². The number of hydrogen-bond donors (Lipinski definition) is 1. The number of halogens is 1. The van der Waals surface area contributed by atoms with Crippen molar-refractivity contribution < 1.29 is 18.7 Å². The highest BCUT2D eigenvalue weighted by Crippen LogP contribution is 2.30. The molecule has 5 heteroatoms. The van der Waals surface area contributed by atoms with E-state index in [1.54, 1.807) is 0 Å². The van der Waals surface area contributed by atoms with Gasteiger partial charge in [-0.05, 0) is 44.4 Å². The Bertz CT molecular complexity index is 520. The Kier molecular flexibility index (Phi) is 4.83. The molecule has 1 aliphatic heterocycles. The topological polar surface area (TPSA) is 47.6 Å². The predicted molar refractivity (Wildman–Crippen MR) is 79.0 cm³/mol. The largest absolute Gasteiger partial charge is 0.465 e. The van der Waals surface area contributed by atoms with Crippen molar-refractivity contribution in [2.75, 3.05) is 19.0 Å². The number of anilines is 1. The molecule has 1 aromatic carbocycles. The van der Waals surface area contributed by atoms with Gasteiger partial charge in [0.1, 0.15) is 5.82 Å². The Labute approximate surface area is 124 Å². The van der Waals surface area contributed by atoms with Gasteiger partial charge in [-0.2, -0.15) is 0 Å². The van der Waals surface area contributed by atoms with Gasteiger partial charge < -0.3 is 14.8 Å². The standard InChI is InChI=1S/C16H22FNO3/c1-4-16(2)10-12(7-8-21-16)18-14-9-11(17)5-6-13(14)15(19)20-3/h5-6,9,12,18H,4,7-8,10H2,1-3H3. The predicted octanol–water partition coefficient (Wildman–Crippen LogP) is 3.37. The summed E-state index contributed by atoms with van der Waals surface area (Å²) in [6, 6.07) is 4.19. The number of methoxy groups -OCH3 is 1. The first-order valence-corrected chi connectivity index (χ1v) is 7.26. The van der Waals surface area contributed by atoms with E-state index in [4.69, 9.17) is 9.47 Å². The third kappa shape index (κ3) is 3.73. The smallest absolute Gasteiger partial charge is 0.339 e. The molecule has 0 bridgehead atoms. The van der Waals surface area contributed by atoms with Gasteiger partial charge in [-0.15, -0.1) is 0 Å². The van der Waals surface area contributed by atoms with E-state index < -0.39 is 5.97 Å². The highest BCUT2D eigenvalue weighted by Gasteiger charge is 2.32. The molecule has 0 amide bonds. The zero-order valence-corrected chi connectivity index (χ0v) is 12.7. The molecule has 4 nitrogen and oxygen atoms in total. The zero-order chi connectivity index (χ0) is 15.5. The SMILES string of the molecule is CCC1(C)CC(Nc2cc(F)ccc2C(=O)OC)CCO1. The summed E-state index contributed by atoms with van der Waals surface area (Å²) in [6.45, 7) is 4.82. The van der Waals surface area contributed by atoms with Crippen LogP contribution in [0.2, 0.25) is 0 Å². The van der Waals surface area contributed by atoms with Crippen molar-refractivity contribution in [3.05, 3.63) is 29.6 Å². The molecule has 1 heterocycles. The van der Waals surface area contributed by atoms with E-state index in [1.807, 2.05) is 0 Å². The number of ether oxygens (including phenoxy) is 2.